The fourth-order valence-electron chi connectivity index (χ4n) is 2.04. The van der Waals surface area contributed by atoms with Crippen LogP contribution < -0.4 is 19.9 Å². The number of carbonyl (C=O) groups excluding carboxylic acids is 2. The predicted molar refractivity (Wildman–Crippen MR) is 90.3 cm³/mol. The van der Waals surface area contributed by atoms with Crippen LogP contribution in [0.3, 0.4) is 0 Å². The van der Waals surface area contributed by atoms with Crippen molar-refractivity contribution in [2.45, 2.75) is 6.92 Å². The molecule has 126 valence electrons. The number of methoxy groups -OCH3 is 1. The Balaban J connectivity index is 2.08. The third-order valence-electron chi connectivity index (χ3n) is 3.11. The SMILES string of the molecule is COc1cc(C(=O)[O-])cc(Br)c1OCC(=O)Nc1cccc(C)c1. The number of carbonyl (C=O) groups is 2. The summed E-state index contributed by atoms with van der Waals surface area (Å²) in [7, 11) is 1.38. The number of hydrogen-bond acceptors (Lipinski definition) is 5. The molecule has 7 heteroatoms. The number of amides is 1. The number of aryl methyl sites for hydroxylation is 1. The molecule has 0 bridgehead atoms. The molecule has 0 aliphatic heterocycles. The standard InChI is InChI=1S/C17H16BrNO5/c1-10-4-3-5-12(6-10)19-15(20)9-24-16-13(18)7-11(17(21)22)8-14(16)23-2/h3-8H,9H2,1-2H3,(H,19,20)(H,21,22)/p-1. The zero-order valence-corrected chi connectivity index (χ0v) is 14.7. The Kier molecular flexibility index (Phi) is 5.81. The molecule has 0 aromatic heterocycles. The molecular formula is C17H15BrNO5-. The molecule has 0 radical (unpaired) electrons. The first-order chi connectivity index (χ1) is 11.4. The first kappa shape index (κ1) is 17.8. The van der Waals surface area contributed by atoms with Gasteiger partial charge in [0.05, 0.1) is 17.6 Å². The highest BCUT2D eigenvalue weighted by molar-refractivity contribution is 9.10. The third kappa shape index (κ3) is 4.48. The second kappa shape index (κ2) is 7.83. The number of benzene rings is 2. The zero-order valence-electron chi connectivity index (χ0n) is 13.1. The molecule has 2 aromatic rings. The molecule has 2 aromatic carbocycles. The maximum atomic E-state index is 12.0. The summed E-state index contributed by atoms with van der Waals surface area (Å²) in [6, 6.07) is 9.97. The van der Waals surface area contributed by atoms with Crippen LogP contribution in [0.5, 0.6) is 11.5 Å². The van der Waals surface area contributed by atoms with Crippen molar-refractivity contribution < 1.29 is 24.2 Å². The van der Waals surface area contributed by atoms with E-state index in [-0.39, 0.29) is 29.6 Å². The van der Waals surface area contributed by atoms with Crippen molar-refractivity contribution in [2.24, 2.45) is 0 Å². The van der Waals surface area contributed by atoms with Gasteiger partial charge in [0.1, 0.15) is 0 Å². The summed E-state index contributed by atoms with van der Waals surface area (Å²) in [5.74, 6) is -1.26. The van der Waals surface area contributed by atoms with E-state index < -0.39 is 5.97 Å². The van der Waals surface area contributed by atoms with Crippen molar-refractivity contribution >= 4 is 33.5 Å². The van der Waals surface area contributed by atoms with Crippen molar-refractivity contribution in [2.75, 3.05) is 19.0 Å². The van der Waals surface area contributed by atoms with E-state index in [2.05, 4.69) is 21.2 Å². The average Bonchev–Trinajstić information content (AvgIpc) is 2.52. The van der Waals surface area contributed by atoms with Crippen molar-refractivity contribution in [3.05, 3.63) is 52.0 Å². The van der Waals surface area contributed by atoms with Gasteiger partial charge in [-0.1, -0.05) is 12.1 Å². The van der Waals surface area contributed by atoms with E-state index in [1.165, 1.54) is 19.2 Å². The number of rotatable bonds is 6. The minimum absolute atomic E-state index is 0.0599. The van der Waals surface area contributed by atoms with E-state index in [0.717, 1.165) is 5.56 Å². The van der Waals surface area contributed by atoms with Gasteiger partial charge in [-0.05, 0) is 52.7 Å². The van der Waals surface area contributed by atoms with E-state index in [1.807, 2.05) is 25.1 Å². The molecule has 0 spiro atoms. The van der Waals surface area contributed by atoms with Gasteiger partial charge in [0.15, 0.2) is 18.1 Å². The van der Waals surface area contributed by atoms with Crippen LogP contribution in [0.4, 0.5) is 5.69 Å². The Morgan fingerprint density at radius 3 is 2.62 bits per heavy atom. The summed E-state index contributed by atoms with van der Waals surface area (Å²) < 4.78 is 10.9. The molecule has 24 heavy (non-hydrogen) atoms. The van der Waals surface area contributed by atoms with Gasteiger partial charge >= 0.3 is 0 Å². The minimum atomic E-state index is -1.34. The van der Waals surface area contributed by atoms with E-state index in [9.17, 15) is 14.7 Å². The topological polar surface area (TPSA) is 87.7 Å². The van der Waals surface area contributed by atoms with Crippen LogP contribution >= 0.6 is 15.9 Å². The summed E-state index contributed by atoms with van der Waals surface area (Å²) in [5.41, 5.74) is 1.63. The lowest BCUT2D eigenvalue weighted by Crippen LogP contribution is -2.23. The third-order valence-corrected chi connectivity index (χ3v) is 3.70. The van der Waals surface area contributed by atoms with Gasteiger partial charge < -0.3 is 24.7 Å². The van der Waals surface area contributed by atoms with Gasteiger partial charge in [-0.15, -0.1) is 0 Å². The van der Waals surface area contributed by atoms with E-state index in [1.54, 1.807) is 6.07 Å². The van der Waals surface area contributed by atoms with Crippen LogP contribution in [0.25, 0.3) is 0 Å². The molecule has 2 rings (SSSR count). The molecule has 0 fully saturated rings. The molecule has 0 unspecified atom stereocenters. The summed E-state index contributed by atoms with van der Waals surface area (Å²) in [6.07, 6.45) is 0. The van der Waals surface area contributed by atoms with E-state index >= 15 is 0 Å². The van der Waals surface area contributed by atoms with Gasteiger partial charge in [0, 0.05) is 11.3 Å². The molecule has 0 aliphatic rings. The molecule has 1 amide bonds. The van der Waals surface area contributed by atoms with Crippen molar-refractivity contribution in [1.29, 1.82) is 0 Å². The van der Waals surface area contributed by atoms with Crippen LogP contribution in [0.1, 0.15) is 15.9 Å². The second-order valence-corrected chi connectivity index (χ2v) is 5.84. The highest BCUT2D eigenvalue weighted by Gasteiger charge is 2.14. The normalized spacial score (nSPS) is 10.1. The minimum Gasteiger partial charge on any atom is -0.545 e. The summed E-state index contributed by atoms with van der Waals surface area (Å²) in [4.78, 5) is 22.9. The molecule has 0 heterocycles. The smallest absolute Gasteiger partial charge is 0.262 e. The molecule has 0 atom stereocenters. The van der Waals surface area contributed by atoms with Crippen LogP contribution in [-0.4, -0.2) is 25.6 Å². The summed E-state index contributed by atoms with van der Waals surface area (Å²) in [5, 5.41) is 13.7. The van der Waals surface area contributed by atoms with Gasteiger partial charge in [0.2, 0.25) is 0 Å². The zero-order chi connectivity index (χ0) is 17.7. The average molecular weight is 393 g/mol. The highest BCUT2D eigenvalue weighted by Crippen LogP contribution is 2.36. The Hall–Kier alpha value is -2.54. The van der Waals surface area contributed by atoms with Gasteiger partial charge in [0.25, 0.3) is 5.91 Å². The number of carboxylic acid groups (broad SMARTS) is 1. The van der Waals surface area contributed by atoms with Crippen molar-refractivity contribution in [1.82, 2.24) is 0 Å². The molecule has 1 N–H and O–H groups in total. The maximum absolute atomic E-state index is 12.0. The fraction of sp³-hybridized carbons (Fsp3) is 0.176. The van der Waals surface area contributed by atoms with Gasteiger partial charge in [-0.3, -0.25) is 4.79 Å². The lowest BCUT2D eigenvalue weighted by Gasteiger charge is -2.14. The van der Waals surface area contributed by atoms with E-state index in [0.29, 0.717) is 10.2 Å². The highest BCUT2D eigenvalue weighted by atomic mass is 79.9. The number of halogens is 1. The predicted octanol–water partition coefficient (Wildman–Crippen LogP) is 2.15. The quantitative estimate of drug-likeness (QED) is 0.813. The molecule has 0 saturated carbocycles. The molecule has 0 saturated heterocycles. The summed E-state index contributed by atoms with van der Waals surface area (Å²) >= 11 is 3.21. The monoisotopic (exact) mass is 392 g/mol. The Labute approximate surface area is 147 Å². The molecule has 0 aliphatic carbocycles. The first-order valence-corrected chi connectivity index (χ1v) is 7.78. The number of hydrogen-bond donors (Lipinski definition) is 1. The maximum Gasteiger partial charge on any atom is 0.262 e. The van der Waals surface area contributed by atoms with E-state index in [4.69, 9.17) is 9.47 Å². The van der Waals surface area contributed by atoms with Crippen molar-refractivity contribution in [3.63, 3.8) is 0 Å². The lowest BCUT2D eigenvalue weighted by molar-refractivity contribution is -0.255. The largest absolute Gasteiger partial charge is 0.545 e. The Morgan fingerprint density at radius 2 is 2.00 bits per heavy atom. The lowest BCUT2D eigenvalue weighted by atomic mass is 10.2. The number of ether oxygens (including phenoxy) is 2. The second-order valence-electron chi connectivity index (χ2n) is 4.98. The summed E-state index contributed by atoms with van der Waals surface area (Å²) in [6.45, 7) is 1.67. The van der Waals surface area contributed by atoms with Crippen LogP contribution in [0.2, 0.25) is 0 Å². The first-order valence-electron chi connectivity index (χ1n) is 6.99. The van der Waals surface area contributed by atoms with Crippen molar-refractivity contribution in [3.8, 4) is 11.5 Å². The number of carboxylic acids is 1. The fourth-order valence-corrected chi connectivity index (χ4v) is 2.59. The number of anilines is 1. The Morgan fingerprint density at radius 1 is 1.25 bits per heavy atom. The van der Waals surface area contributed by atoms with Gasteiger partial charge in [-0.25, -0.2) is 0 Å². The Bertz CT molecular complexity index is 776. The molecule has 6 nitrogen and oxygen atoms in total. The van der Waals surface area contributed by atoms with Crippen LogP contribution in [-0.2, 0) is 4.79 Å². The number of nitrogens with one attached hydrogen (secondary N) is 1. The van der Waals surface area contributed by atoms with Crippen LogP contribution in [0, 0.1) is 6.92 Å². The van der Waals surface area contributed by atoms with Crippen LogP contribution in [0.15, 0.2) is 40.9 Å². The number of aromatic carboxylic acids is 1. The van der Waals surface area contributed by atoms with Gasteiger partial charge in [-0.2, -0.15) is 0 Å². The molecular weight excluding hydrogens is 378 g/mol.